The second kappa shape index (κ2) is 11.6. The van der Waals surface area contributed by atoms with Gasteiger partial charge < -0.3 is 11.8 Å². The van der Waals surface area contributed by atoms with E-state index in [0.717, 1.165) is 0 Å². The average molecular weight is 207 g/mol. The summed E-state index contributed by atoms with van der Waals surface area (Å²) in [7, 11) is 6.00. The predicted molar refractivity (Wildman–Crippen MR) is 39.8 cm³/mol. The zero-order valence-electron chi connectivity index (χ0n) is 7.23. The van der Waals surface area contributed by atoms with Gasteiger partial charge in [-0.1, -0.05) is 13.8 Å². The van der Waals surface area contributed by atoms with E-state index in [2.05, 4.69) is 20.8 Å². The normalized spacial score (nSPS) is 8.00. The fourth-order valence-electron chi connectivity index (χ4n) is 0. The standard InChI is InChI=1S/C4H9.C3H9N.Zr/c2*1-4(2)3;/h4H,1H2,2-3H3;1-3H3;/q-1;;. The number of rotatable bonds is 0. The third kappa shape index (κ3) is 583. The predicted octanol–water partition coefficient (Wildman–Crippen LogP) is 1.65. The van der Waals surface area contributed by atoms with E-state index in [1.54, 1.807) is 0 Å². The maximum atomic E-state index is 3.64. The monoisotopic (exact) mass is 206 g/mol. The zero-order chi connectivity index (χ0) is 7.15. The van der Waals surface area contributed by atoms with Gasteiger partial charge in [-0.3, -0.25) is 0 Å². The Kier molecular flexibility index (Phi) is 21.2. The largest absolute Gasteiger partial charge is 0.341 e. The van der Waals surface area contributed by atoms with Gasteiger partial charge in [-0.05, 0) is 21.1 Å². The minimum atomic E-state index is 0. The maximum Gasteiger partial charge on any atom is 0 e. The van der Waals surface area contributed by atoms with Crippen LogP contribution < -0.4 is 0 Å². The summed E-state index contributed by atoms with van der Waals surface area (Å²) in [5, 5.41) is 0. The van der Waals surface area contributed by atoms with Gasteiger partial charge in [0.25, 0.3) is 0 Å². The van der Waals surface area contributed by atoms with Crippen LogP contribution in [0.5, 0.6) is 0 Å². The zero-order valence-corrected chi connectivity index (χ0v) is 9.69. The Labute approximate surface area is 78.9 Å². The molecule has 0 radical (unpaired) electrons. The van der Waals surface area contributed by atoms with Crippen molar-refractivity contribution in [3.05, 3.63) is 6.92 Å². The van der Waals surface area contributed by atoms with E-state index in [1.165, 1.54) is 0 Å². The van der Waals surface area contributed by atoms with Crippen LogP contribution in [0.2, 0.25) is 0 Å². The van der Waals surface area contributed by atoms with Gasteiger partial charge in [0, 0.05) is 26.2 Å². The first-order valence-corrected chi connectivity index (χ1v) is 2.90. The Morgan fingerprint density at radius 2 is 1.11 bits per heavy atom. The molecule has 0 aliphatic heterocycles. The van der Waals surface area contributed by atoms with Crippen molar-refractivity contribution in [2.24, 2.45) is 5.92 Å². The molecule has 0 aromatic heterocycles. The molecule has 0 unspecified atom stereocenters. The Morgan fingerprint density at radius 3 is 1.11 bits per heavy atom. The number of nitrogens with zero attached hydrogens (tertiary/aromatic N) is 1. The van der Waals surface area contributed by atoms with Crippen LogP contribution in [0.25, 0.3) is 0 Å². The van der Waals surface area contributed by atoms with Crippen molar-refractivity contribution in [1.82, 2.24) is 4.90 Å². The van der Waals surface area contributed by atoms with Gasteiger partial charge in [0.15, 0.2) is 0 Å². The van der Waals surface area contributed by atoms with Crippen LogP contribution in [0.15, 0.2) is 0 Å². The van der Waals surface area contributed by atoms with E-state index < -0.39 is 0 Å². The molecule has 0 fully saturated rings. The van der Waals surface area contributed by atoms with Crippen molar-refractivity contribution in [3.8, 4) is 0 Å². The van der Waals surface area contributed by atoms with Gasteiger partial charge >= 0.3 is 0 Å². The van der Waals surface area contributed by atoms with Crippen LogP contribution in [0, 0.1) is 12.8 Å². The first-order chi connectivity index (χ1) is 3.46. The molecule has 1 nitrogen and oxygen atoms in total. The molecule has 0 N–H and O–H groups in total. The van der Waals surface area contributed by atoms with Gasteiger partial charge in [-0.2, -0.15) is 5.92 Å². The van der Waals surface area contributed by atoms with E-state index in [9.17, 15) is 0 Å². The molecule has 2 heteroatoms. The molecule has 0 spiro atoms. The number of hydrogen-bond acceptors (Lipinski definition) is 1. The quantitative estimate of drug-likeness (QED) is 0.546. The first kappa shape index (κ1) is 16.4. The molecule has 0 saturated heterocycles. The molecular formula is C7H18NZr-. The fraction of sp³-hybridized carbons (Fsp3) is 0.857. The van der Waals surface area contributed by atoms with Crippen LogP contribution in [0.1, 0.15) is 13.8 Å². The average Bonchev–Trinajstić information content (AvgIpc) is 1.25. The second-order valence-corrected chi connectivity index (χ2v) is 2.74. The van der Waals surface area contributed by atoms with E-state index in [0.29, 0.717) is 5.92 Å². The van der Waals surface area contributed by atoms with Crippen molar-refractivity contribution in [1.29, 1.82) is 0 Å². The summed E-state index contributed by atoms with van der Waals surface area (Å²) in [6.07, 6.45) is 0. The summed E-state index contributed by atoms with van der Waals surface area (Å²) in [6, 6.07) is 0. The van der Waals surface area contributed by atoms with E-state index >= 15 is 0 Å². The molecule has 0 aromatic carbocycles. The summed E-state index contributed by atoms with van der Waals surface area (Å²) in [5.74, 6) is 0.583. The van der Waals surface area contributed by atoms with Gasteiger partial charge in [0.05, 0.1) is 0 Å². The van der Waals surface area contributed by atoms with E-state index in [-0.39, 0.29) is 26.2 Å². The van der Waals surface area contributed by atoms with Crippen molar-refractivity contribution >= 4 is 0 Å². The first-order valence-electron chi connectivity index (χ1n) is 2.90. The molecule has 0 heterocycles. The SMILES string of the molecule is CN(C)C.[CH2-]C(C)C.[Zr]. The molecule has 0 amide bonds. The third-order valence-electron chi connectivity index (χ3n) is 0. The topological polar surface area (TPSA) is 3.24 Å². The Bertz CT molecular complexity index is 24.4. The molecule has 0 atom stereocenters. The summed E-state index contributed by atoms with van der Waals surface area (Å²) in [4.78, 5) is 2.00. The molecule has 56 valence electrons. The minimum absolute atomic E-state index is 0. The van der Waals surface area contributed by atoms with Crippen molar-refractivity contribution < 1.29 is 26.2 Å². The maximum absolute atomic E-state index is 3.64. The second-order valence-electron chi connectivity index (χ2n) is 2.74. The summed E-state index contributed by atoms with van der Waals surface area (Å²) < 4.78 is 0. The molecule has 0 aliphatic rings. The molecular weight excluding hydrogens is 189 g/mol. The molecule has 0 saturated carbocycles. The van der Waals surface area contributed by atoms with Crippen molar-refractivity contribution in [2.45, 2.75) is 13.8 Å². The Hall–Kier alpha value is 0.843. The van der Waals surface area contributed by atoms with Gasteiger partial charge in [-0.25, -0.2) is 0 Å². The van der Waals surface area contributed by atoms with Gasteiger partial charge in [-0.15, -0.1) is 0 Å². The van der Waals surface area contributed by atoms with Crippen LogP contribution in [-0.2, 0) is 26.2 Å². The van der Waals surface area contributed by atoms with Gasteiger partial charge in [0.2, 0.25) is 0 Å². The van der Waals surface area contributed by atoms with Crippen molar-refractivity contribution in [3.63, 3.8) is 0 Å². The minimum Gasteiger partial charge on any atom is -0.341 e. The number of hydrogen-bond donors (Lipinski definition) is 0. The van der Waals surface area contributed by atoms with Crippen LogP contribution >= 0.6 is 0 Å². The molecule has 0 bridgehead atoms. The third-order valence-corrected chi connectivity index (χ3v) is 0. The van der Waals surface area contributed by atoms with Crippen LogP contribution in [-0.4, -0.2) is 26.0 Å². The van der Waals surface area contributed by atoms with E-state index in [1.807, 2.05) is 26.0 Å². The molecule has 0 aliphatic carbocycles. The van der Waals surface area contributed by atoms with E-state index in [4.69, 9.17) is 0 Å². The summed E-state index contributed by atoms with van der Waals surface area (Å²) in [6.45, 7) is 7.75. The Balaban J connectivity index is -0.0000000720. The molecule has 0 rings (SSSR count). The fourth-order valence-corrected chi connectivity index (χ4v) is 0. The Morgan fingerprint density at radius 1 is 1.11 bits per heavy atom. The van der Waals surface area contributed by atoms with Gasteiger partial charge in [0.1, 0.15) is 0 Å². The van der Waals surface area contributed by atoms with Crippen molar-refractivity contribution in [2.75, 3.05) is 21.1 Å². The molecule has 0 aromatic rings. The van der Waals surface area contributed by atoms with Crippen LogP contribution in [0.4, 0.5) is 0 Å². The smallest absolute Gasteiger partial charge is 0 e. The summed E-state index contributed by atoms with van der Waals surface area (Å²) in [5.41, 5.74) is 0. The summed E-state index contributed by atoms with van der Waals surface area (Å²) >= 11 is 0. The molecule has 9 heavy (non-hydrogen) atoms. The van der Waals surface area contributed by atoms with Crippen LogP contribution in [0.3, 0.4) is 0 Å².